The number of hydrogen-bond acceptors (Lipinski definition) is 4. The lowest BCUT2D eigenvalue weighted by Gasteiger charge is -2.19. The van der Waals surface area contributed by atoms with Gasteiger partial charge in [-0.05, 0) is 35.4 Å². The summed E-state index contributed by atoms with van der Waals surface area (Å²) in [6, 6.07) is 22.1. The van der Waals surface area contributed by atoms with Crippen LogP contribution in [0.4, 0.5) is 5.69 Å². The minimum atomic E-state index is -3.35. The van der Waals surface area contributed by atoms with Gasteiger partial charge < -0.3 is 10.6 Å². The van der Waals surface area contributed by atoms with Gasteiger partial charge in [0, 0.05) is 12.2 Å². The molecule has 2 amide bonds. The molecule has 0 aromatic heterocycles. The van der Waals surface area contributed by atoms with Gasteiger partial charge >= 0.3 is 0 Å². The first kappa shape index (κ1) is 24.3. The Labute approximate surface area is 198 Å². The van der Waals surface area contributed by atoms with Crippen LogP contribution in [0.15, 0.2) is 78.9 Å². The standard InChI is InChI=1S/C24H24ClN3O4S/c1-33(31,32)28-19-13-11-17(12-14-19)16-26-23(29)15-22(18-7-3-2-4-8-18)27-24(30)20-9-5-6-10-21(20)25/h2-14,22,28H,15-16H2,1H3,(H,26,29)(H,27,30). The Morgan fingerprint density at radius 3 is 2.18 bits per heavy atom. The predicted octanol–water partition coefficient (Wildman–Crippen LogP) is 3.89. The summed E-state index contributed by atoms with van der Waals surface area (Å²) in [4.78, 5) is 25.4. The maximum Gasteiger partial charge on any atom is 0.253 e. The fourth-order valence-electron chi connectivity index (χ4n) is 3.18. The van der Waals surface area contributed by atoms with E-state index in [1.807, 2.05) is 30.3 Å². The third-order valence-electron chi connectivity index (χ3n) is 4.76. The molecule has 0 radical (unpaired) electrons. The van der Waals surface area contributed by atoms with Gasteiger partial charge in [0.25, 0.3) is 5.91 Å². The Balaban J connectivity index is 1.64. The van der Waals surface area contributed by atoms with E-state index in [1.165, 1.54) is 0 Å². The van der Waals surface area contributed by atoms with Crippen LogP contribution < -0.4 is 15.4 Å². The van der Waals surface area contributed by atoms with E-state index in [-0.39, 0.29) is 24.8 Å². The zero-order valence-corrected chi connectivity index (χ0v) is 19.5. The Kier molecular flexibility index (Phi) is 8.08. The van der Waals surface area contributed by atoms with Gasteiger partial charge in [0.05, 0.1) is 29.3 Å². The number of amides is 2. The molecule has 9 heteroatoms. The molecule has 0 heterocycles. The normalized spacial score (nSPS) is 11.9. The average Bonchev–Trinajstić information content (AvgIpc) is 2.78. The van der Waals surface area contributed by atoms with Crippen molar-refractivity contribution in [1.82, 2.24) is 10.6 Å². The molecule has 0 aliphatic rings. The van der Waals surface area contributed by atoms with E-state index < -0.39 is 16.1 Å². The minimum Gasteiger partial charge on any atom is -0.352 e. The minimum absolute atomic E-state index is 0.0356. The van der Waals surface area contributed by atoms with Gasteiger partial charge in [-0.1, -0.05) is 66.2 Å². The Bertz CT molecular complexity index is 1220. The first-order valence-corrected chi connectivity index (χ1v) is 12.4. The van der Waals surface area contributed by atoms with Crippen molar-refractivity contribution in [2.75, 3.05) is 11.0 Å². The number of benzene rings is 3. The van der Waals surface area contributed by atoms with Crippen LogP contribution >= 0.6 is 11.6 Å². The number of carbonyl (C=O) groups is 2. The molecule has 0 fully saturated rings. The van der Waals surface area contributed by atoms with Gasteiger partial charge in [0.1, 0.15) is 0 Å². The fraction of sp³-hybridized carbons (Fsp3) is 0.167. The molecular formula is C24H24ClN3O4S. The monoisotopic (exact) mass is 485 g/mol. The van der Waals surface area contributed by atoms with Crippen LogP contribution in [-0.2, 0) is 21.4 Å². The number of rotatable bonds is 9. The average molecular weight is 486 g/mol. The third kappa shape index (κ3) is 7.62. The second-order valence-electron chi connectivity index (χ2n) is 7.47. The van der Waals surface area contributed by atoms with E-state index in [0.29, 0.717) is 16.3 Å². The van der Waals surface area contributed by atoms with E-state index in [0.717, 1.165) is 17.4 Å². The highest BCUT2D eigenvalue weighted by atomic mass is 35.5. The first-order chi connectivity index (χ1) is 15.7. The number of sulfonamides is 1. The molecule has 0 saturated carbocycles. The molecular weight excluding hydrogens is 462 g/mol. The lowest BCUT2D eigenvalue weighted by Crippen LogP contribution is -2.33. The van der Waals surface area contributed by atoms with Crippen molar-refractivity contribution in [3.63, 3.8) is 0 Å². The van der Waals surface area contributed by atoms with Gasteiger partial charge in [-0.2, -0.15) is 0 Å². The summed E-state index contributed by atoms with van der Waals surface area (Å²) >= 11 is 6.14. The van der Waals surface area contributed by atoms with Crippen LogP contribution in [0.3, 0.4) is 0 Å². The molecule has 1 unspecified atom stereocenters. The van der Waals surface area contributed by atoms with Crippen LogP contribution in [-0.4, -0.2) is 26.5 Å². The second kappa shape index (κ2) is 11.0. The molecule has 0 aliphatic carbocycles. The summed E-state index contributed by atoms with van der Waals surface area (Å²) < 4.78 is 25.0. The lowest BCUT2D eigenvalue weighted by atomic mass is 10.0. The highest BCUT2D eigenvalue weighted by Crippen LogP contribution is 2.20. The van der Waals surface area contributed by atoms with Crippen molar-refractivity contribution in [3.8, 4) is 0 Å². The van der Waals surface area contributed by atoms with Crippen LogP contribution in [0.25, 0.3) is 0 Å². The summed E-state index contributed by atoms with van der Waals surface area (Å²) in [6.45, 7) is 0.262. The second-order valence-corrected chi connectivity index (χ2v) is 9.62. The van der Waals surface area contributed by atoms with E-state index in [9.17, 15) is 18.0 Å². The van der Waals surface area contributed by atoms with E-state index in [2.05, 4.69) is 15.4 Å². The summed E-state index contributed by atoms with van der Waals surface area (Å²) in [5.41, 5.74) is 2.38. The number of halogens is 1. The summed E-state index contributed by atoms with van der Waals surface area (Å²) in [5, 5.41) is 6.07. The summed E-state index contributed by atoms with van der Waals surface area (Å²) in [7, 11) is -3.35. The first-order valence-electron chi connectivity index (χ1n) is 10.1. The maximum absolute atomic E-state index is 12.8. The van der Waals surface area contributed by atoms with Crippen molar-refractivity contribution >= 4 is 39.1 Å². The molecule has 0 bridgehead atoms. The molecule has 0 saturated heterocycles. The Morgan fingerprint density at radius 2 is 1.55 bits per heavy atom. The predicted molar refractivity (Wildman–Crippen MR) is 129 cm³/mol. The van der Waals surface area contributed by atoms with E-state index in [1.54, 1.807) is 48.5 Å². The van der Waals surface area contributed by atoms with E-state index in [4.69, 9.17) is 11.6 Å². The molecule has 3 aromatic carbocycles. The zero-order chi connectivity index (χ0) is 23.8. The molecule has 3 rings (SSSR count). The maximum atomic E-state index is 12.8. The largest absolute Gasteiger partial charge is 0.352 e. The Morgan fingerprint density at radius 1 is 0.909 bits per heavy atom. The quantitative estimate of drug-likeness (QED) is 0.427. The van der Waals surface area contributed by atoms with E-state index >= 15 is 0 Å². The number of carbonyl (C=O) groups excluding carboxylic acids is 2. The molecule has 3 aromatic rings. The van der Waals surface area contributed by atoms with Crippen molar-refractivity contribution in [1.29, 1.82) is 0 Å². The lowest BCUT2D eigenvalue weighted by molar-refractivity contribution is -0.121. The third-order valence-corrected chi connectivity index (χ3v) is 5.70. The molecule has 0 aliphatic heterocycles. The molecule has 33 heavy (non-hydrogen) atoms. The fourth-order valence-corrected chi connectivity index (χ4v) is 3.97. The SMILES string of the molecule is CS(=O)(=O)Nc1ccc(CNC(=O)CC(NC(=O)c2ccccc2Cl)c2ccccc2)cc1. The summed E-state index contributed by atoms with van der Waals surface area (Å²) in [5.74, 6) is -0.613. The van der Waals surface area contributed by atoms with Crippen molar-refractivity contribution in [2.24, 2.45) is 0 Å². The molecule has 1 atom stereocenters. The highest BCUT2D eigenvalue weighted by Gasteiger charge is 2.20. The summed E-state index contributed by atoms with van der Waals surface area (Å²) in [6.07, 6.45) is 1.11. The molecule has 7 nitrogen and oxygen atoms in total. The van der Waals surface area contributed by atoms with Crippen LogP contribution in [0.1, 0.15) is 33.9 Å². The van der Waals surface area contributed by atoms with Crippen molar-refractivity contribution < 1.29 is 18.0 Å². The number of nitrogens with one attached hydrogen (secondary N) is 3. The van der Waals surface area contributed by atoms with Crippen molar-refractivity contribution in [3.05, 3.63) is 101 Å². The van der Waals surface area contributed by atoms with Gasteiger partial charge in [-0.25, -0.2) is 8.42 Å². The molecule has 3 N–H and O–H groups in total. The van der Waals surface area contributed by atoms with Crippen molar-refractivity contribution in [2.45, 2.75) is 19.0 Å². The van der Waals surface area contributed by atoms with Gasteiger partial charge in [0.2, 0.25) is 15.9 Å². The smallest absolute Gasteiger partial charge is 0.253 e. The number of hydrogen-bond donors (Lipinski definition) is 3. The van der Waals surface area contributed by atoms with Crippen LogP contribution in [0.5, 0.6) is 0 Å². The zero-order valence-electron chi connectivity index (χ0n) is 17.9. The van der Waals surface area contributed by atoms with Gasteiger partial charge in [-0.15, -0.1) is 0 Å². The number of anilines is 1. The van der Waals surface area contributed by atoms with Gasteiger partial charge in [-0.3, -0.25) is 14.3 Å². The molecule has 0 spiro atoms. The van der Waals surface area contributed by atoms with Crippen LogP contribution in [0, 0.1) is 0 Å². The van der Waals surface area contributed by atoms with Crippen LogP contribution in [0.2, 0.25) is 5.02 Å². The highest BCUT2D eigenvalue weighted by molar-refractivity contribution is 7.92. The molecule has 172 valence electrons. The topological polar surface area (TPSA) is 104 Å². The van der Waals surface area contributed by atoms with Gasteiger partial charge in [0.15, 0.2) is 0 Å². The Hall–Kier alpha value is -3.36.